The molecule has 27 heavy (non-hydrogen) atoms. The van der Waals surface area contributed by atoms with Gasteiger partial charge in [-0.25, -0.2) is 9.48 Å². The molecule has 0 fully saturated rings. The fourth-order valence-corrected chi connectivity index (χ4v) is 2.57. The van der Waals surface area contributed by atoms with Crippen LogP contribution in [0.3, 0.4) is 0 Å². The van der Waals surface area contributed by atoms with E-state index in [1.807, 2.05) is 12.1 Å². The maximum absolute atomic E-state index is 12.1. The summed E-state index contributed by atoms with van der Waals surface area (Å²) < 4.78 is 11.8. The van der Waals surface area contributed by atoms with Gasteiger partial charge in [-0.2, -0.15) is 5.10 Å². The lowest BCUT2D eigenvalue weighted by atomic mass is 10.1. The van der Waals surface area contributed by atoms with Gasteiger partial charge in [-0.05, 0) is 49.4 Å². The maximum atomic E-state index is 12.1. The topological polar surface area (TPSA) is 96.5 Å². The summed E-state index contributed by atoms with van der Waals surface area (Å²) in [5, 5.41) is 15.2. The van der Waals surface area contributed by atoms with Crippen LogP contribution in [0.2, 0.25) is 0 Å². The third kappa shape index (κ3) is 3.79. The van der Waals surface area contributed by atoms with Crippen molar-refractivity contribution in [1.82, 2.24) is 9.78 Å². The van der Waals surface area contributed by atoms with E-state index < -0.39 is 10.9 Å². The van der Waals surface area contributed by atoms with Crippen molar-refractivity contribution in [3.05, 3.63) is 70.4 Å². The van der Waals surface area contributed by atoms with E-state index in [1.165, 1.54) is 12.1 Å². The van der Waals surface area contributed by atoms with E-state index in [-0.39, 0.29) is 18.0 Å². The molecule has 0 radical (unpaired) electrons. The first-order valence-corrected chi connectivity index (χ1v) is 8.20. The van der Waals surface area contributed by atoms with Gasteiger partial charge in [-0.1, -0.05) is 0 Å². The zero-order valence-corrected chi connectivity index (χ0v) is 14.8. The third-order valence-electron chi connectivity index (χ3n) is 3.88. The molecule has 0 N–H and O–H groups in total. The lowest BCUT2D eigenvalue weighted by molar-refractivity contribution is -0.384. The van der Waals surface area contributed by atoms with Gasteiger partial charge in [0.15, 0.2) is 5.69 Å². The summed E-state index contributed by atoms with van der Waals surface area (Å²) in [5.41, 5.74) is 2.16. The molecule has 0 saturated heterocycles. The van der Waals surface area contributed by atoms with Crippen LogP contribution in [0.4, 0.5) is 5.69 Å². The number of rotatable bonds is 6. The second-order valence-electron chi connectivity index (χ2n) is 5.55. The van der Waals surface area contributed by atoms with E-state index in [0.29, 0.717) is 17.1 Å². The monoisotopic (exact) mass is 367 g/mol. The Morgan fingerprint density at radius 1 is 1.15 bits per heavy atom. The molecule has 0 aliphatic carbocycles. The SMILES string of the molecule is CCOC(=O)c1cc(-c2ccc(OC)cc2)n(-c2ccc([N+](=O)[O-])cc2)n1. The van der Waals surface area contributed by atoms with E-state index >= 15 is 0 Å². The summed E-state index contributed by atoms with van der Waals surface area (Å²) in [6.45, 7) is 1.96. The van der Waals surface area contributed by atoms with Crippen molar-refractivity contribution in [1.29, 1.82) is 0 Å². The van der Waals surface area contributed by atoms with Gasteiger partial charge >= 0.3 is 5.97 Å². The average Bonchev–Trinajstić information content (AvgIpc) is 3.14. The van der Waals surface area contributed by atoms with E-state index in [4.69, 9.17) is 9.47 Å². The fraction of sp³-hybridized carbons (Fsp3) is 0.158. The van der Waals surface area contributed by atoms with Crippen LogP contribution in [-0.4, -0.2) is 34.4 Å². The van der Waals surface area contributed by atoms with Crippen molar-refractivity contribution in [2.45, 2.75) is 6.92 Å². The van der Waals surface area contributed by atoms with Crippen LogP contribution in [0, 0.1) is 10.1 Å². The highest BCUT2D eigenvalue weighted by atomic mass is 16.6. The molecule has 2 aromatic carbocycles. The maximum Gasteiger partial charge on any atom is 0.358 e. The average molecular weight is 367 g/mol. The van der Waals surface area contributed by atoms with Crippen molar-refractivity contribution in [3.8, 4) is 22.7 Å². The number of methoxy groups -OCH3 is 1. The van der Waals surface area contributed by atoms with Gasteiger partial charge in [0.05, 0.1) is 30.0 Å². The normalized spacial score (nSPS) is 10.4. The molecule has 0 unspecified atom stereocenters. The van der Waals surface area contributed by atoms with E-state index in [9.17, 15) is 14.9 Å². The first-order chi connectivity index (χ1) is 13.0. The Labute approximate surface area is 155 Å². The number of carbonyl (C=O) groups excluding carboxylic acids is 1. The second kappa shape index (κ2) is 7.69. The van der Waals surface area contributed by atoms with Crippen LogP contribution in [0.5, 0.6) is 5.75 Å². The summed E-state index contributed by atoms with van der Waals surface area (Å²) >= 11 is 0. The van der Waals surface area contributed by atoms with E-state index in [0.717, 1.165) is 5.56 Å². The number of hydrogen-bond donors (Lipinski definition) is 0. The predicted octanol–water partition coefficient (Wildman–Crippen LogP) is 3.63. The van der Waals surface area contributed by atoms with Crippen LogP contribution >= 0.6 is 0 Å². The van der Waals surface area contributed by atoms with Gasteiger partial charge in [0.25, 0.3) is 5.69 Å². The van der Waals surface area contributed by atoms with Crippen LogP contribution in [0.15, 0.2) is 54.6 Å². The standard InChI is InChI=1S/C19H17N3O5/c1-3-27-19(23)17-12-18(13-4-10-16(26-2)11-5-13)21(20-17)14-6-8-15(9-7-14)22(24)25/h4-12H,3H2,1-2H3. The first kappa shape index (κ1) is 18.1. The van der Waals surface area contributed by atoms with Gasteiger partial charge in [0.2, 0.25) is 0 Å². The Hall–Kier alpha value is -3.68. The van der Waals surface area contributed by atoms with E-state index in [1.54, 1.807) is 49.0 Å². The molecule has 1 heterocycles. The lowest BCUT2D eigenvalue weighted by Gasteiger charge is -2.08. The summed E-state index contributed by atoms with van der Waals surface area (Å²) in [4.78, 5) is 22.5. The minimum Gasteiger partial charge on any atom is -0.497 e. The summed E-state index contributed by atoms with van der Waals surface area (Å²) in [7, 11) is 1.58. The van der Waals surface area contributed by atoms with Crippen LogP contribution < -0.4 is 4.74 Å². The molecule has 0 spiro atoms. The fourth-order valence-electron chi connectivity index (χ4n) is 2.57. The summed E-state index contributed by atoms with van der Waals surface area (Å²) in [6.07, 6.45) is 0. The third-order valence-corrected chi connectivity index (χ3v) is 3.88. The van der Waals surface area contributed by atoms with Gasteiger partial charge < -0.3 is 9.47 Å². The number of ether oxygens (including phenoxy) is 2. The smallest absolute Gasteiger partial charge is 0.358 e. The van der Waals surface area contributed by atoms with Gasteiger partial charge in [0, 0.05) is 17.7 Å². The van der Waals surface area contributed by atoms with Crippen molar-refractivity contribution in [3.63, 3.8) is 0 Å². The Morgan fingerprint density at radius 2 is 1.81 bits per heavy atom. The number of benzene rings is 2. The zero-order chi connectivity index (χ0) is 19.4. The van der Waals surface area contributed by atoms with Crippen LogP contribution in [0.25, 0.3) is 16.9 Å². The van der Waals surface area contributed by atoms with Crippen molar-refractivity contribution in [2.75, 3.05) is 13.7 Å². The molecule has 0 bridgehead atoms. The molecule has 0 saturated carbocycles. The molecular formula is C19H17N3O5. The summed E-state index contributed by atoms with van der Waals surface area (Å²) in [5.74, 6) is 0.165. The summed E-state index contributed by atoms with van der Waals surface area (Å²) in [6, 6.07) is 14.8. The highest BCUT2D eigenvalue weighted by Crippen LogP contribution is 2.27. The Morgan fingerprint density at radius 3 is 2.37 bits per heavy atom. The molecule has 0 atom stereocenters. The number of non-ortho nitro benzene ring substituents is 1. The Balaban J connectivity index is 2.09. The molecule has 3 aromatic rings. The van der Waals surface area contributed by atoms with Crippen LogP contribution in [-0.2, 0) is 4.74 Å². The quantitative estimate of drug-likeness (QED) is 0.375. The highest BCUT2D eigenvalue weighted by molar-refractivity contribution is 5.89. The second-order valence-corrected chi connectivity index (χ2v) is 5.55. The molecule has 0 amide bonds. The van der Waals surface area contributed by atoms with Gasteiger partial charge in [0.1, 0.15) is 5.75 Å². The molecule has 8 heteroatoms. The van der Waals surface area contributed by atoms with Crippen molar-refractivity contribution >= 4 is 11.7 Å². The molecule has 138 valence electrons. The number of nitro groups is 1. The van der Waals surface area contributed by atoms with Gasteiger partial charge in [-0.15, -0.1) is 0 Å². The largest absolute Gasteiger partial charge is 0.497 e. The van der Waals surface area contributed by atoms with Crippen LogP contribution in [0.1, 0.15) is 17.4 Å². The van der Waals surface area contributed by atoms with Crippen molar-refractivity contribution < 1.29 is 19.2 Å². The predicted molar refractivity (Wildman–Crippen MR) is 98.2 cm³/mol. The minimum absolute atomic E-state index is 0.0254. The number of carbonyl (C=O) groups is 1. The molecule has 3 rings (SSSR count). The molecule has 8 nitrogen and oxygen atoms in total. The number of nitrogens with zero attached hydrogens (tertiary/aromatic N) is 3. The van der Waals surface area contributed by atoms with Gasteiger partial charge in [-0.3, -0.25) is 10.1 Å². The number of esters is 1. The minimum atomic E-state index is -0.534. The number of nitro benzene ring substituents is 1. The Kier molecular flexibility index (Phi) is 5.16. The highest BCUT2D eigenvalue weighted by Gasteiger charge is 2.18. The lowest BCUT2D eigenvalue weighted by Crippen LogP contribution is -2.06. The Bertz CT molecular complexity index is 962. The number of hydrogen-bond acceptors (Lipinski definition) is 6. The number of aromatic nitrogens is 2. The molecule has 0 aliphatic heterocycles. The van der Waals surface area contributed by atoms with E-state index in [2.05, 4.69) is 5.10 Å². The first-order valence-electron chi connectivity index (χ1n) is 8.20. The molecule has 0 aliphatic rings. The van der Waals surface area contributed by atoms with Crippen molar-refractivity contribution in [2.24, 2.45) is 0 Å². The zero-order valence-electron chi connectivity index (χ0n) is 14.8. The molecular weight excluding hydrogens is 350 g/mol. The molecule has 1 aromatic heterocycles.